The fourth-order valence-electron chi connectivity index (χ4n) is 3.69. The van der Waals surface area contributed by atoms with Crippen LogP contribution in [0.15, 0.2) is 53.4 Å². The second kappa shape index (κ2) is 9.53. The van der Waals surface area contributed by atoms with Gasteiger partial charge in [-0.3, -0.25) is 4.72 Å². The Morgan fingerprint density at radius 3 is 2.21 bits per heavy atom. The van der Waals surface area contributed by atoms with Gasteiger partial charge in [0.15, 0.2) is 11.5 Å². The average Bonchev–Trinajstić information content (AvgIpc) is 3.34. The minimum atomic E-state index is -3.80. The Morgan fingerprint density at radius 1 is 0.879 bits per heavy atom. The Labute approximate surface area is 193 Å². The van der Waals surface area contributed by atoms with Crippen molar-refractivity contribution < 1.29 is 17.9 Å². The van der Waals surface area contributed by atoms with Gasteiger partial charge >= 0.3 is 0 Å². The van der Waals surface area contributed by atoms with Gasteiger partial charge in [0.1, 0.15) is 17.5 Å². The van der Waals surface area contributed by atoms with Crippen molar-refractivity contribution >= 4 is 33.0 Å². The van der Waals surface area contributed by atoms with Crippen LogP contribution in [-0.2, 0) is 10.0 Å². The summed E-state index contributed by atoms with van der Waals surface area (Å²) in [7, 11) is -0.841. The molecule has 3 aromatic rings. The van der Waals surface area contributed by atoms with Gasteiger partial charge in [0.25, 0.3) is 10.0 Å². The highest BCUT2D eigenvalue weighted by molar-refractivity contribution is 7.92. The number of benzene rings is 2. The number of sulfonamides is 1. The molecule has 2 aromatic carbocycles. The Bertz CT molecular complexity index is 1230. The van der Waals surface area contributed by atoms with E-state index in [1.165, 1.54) is 39.2 Å². The maximum absolute atomic E-state index is 12.8. The van der Waals surface area contributed by atoms with E-state index in [1.54, 1.807) is 30.3 Å². The maximum Gasteiger partial charge on any atom is 0.262 e. The third-order valence-corrected chi connectivity index (χ3v) is 6.71. The monoisotopic (exact) mass is 469 g/mol. The molecule has 1 fully saturated rings. The van der Waals surface area contributed by atoms with E-state index in [2.05, 4.69) is 24.9 Å². The third-order valence-electron chi connectivity index (χ3n) is 5.33. The molecule has 0 unspecified atom stereocenters. The number of anilines is 4. The molecule has 33 heavy (non-hydrogen) atoms. The lowest BCUT2D eigenvalue weighted by molar-refractivity contribution is 0.354. The molecular formula is C23H27N5O4S. The van der Waals surface area contributed by atoms with Crippen LogP contribution in [-0.4, -0.2) is 45.7 Å². The van der Waals surface area contributed by atoms with Gasteiger partial charge in [0.2, 0.25) is 0 Å². The van der Waals surface area contributed by atoms with Crippen LogP contribution in [0.4, 0.5) is 23.0 Å². The number of nitrogens with zero attached hydrogens (tertiary/aromatic N) is 3. The van der Waals surface area contributed by atoms with Crippen molar-refractivity contribution in [3.8, 4) is 11.5 Å². The molecule has 0 radical (unpaired) electrons. The first-order chi connectivity index (χ1) is 15.9. The van der Waals surface area contributed by atoms with Crippen LogP contribution in [0, 0.1) is 6.92 Å². The summed E-state index contributed by atoms with van der Waals surface area (Å²) in [5.74, 6) is 3.11. The molecule has 2 N–H and O–H groups in total. The highest BCUT2D eigenvalue weighted by Gasteiger charge is 2.18. The highest BCUT2D eigenvalue weighted by atomic mass is 32.2. The van der Waals surface area contributed by atoms with E-state index in [4.69, 9.17) is 9.47 Å². The van der Waals surface area contributed by atoms with Crippen molar-refractivity contribution in [2.45, 2.75) is 24.7 Å². The van der Waals surface area contributed by atoms with Gasteiger partial charge in [-0.1, -0.05) is 0 Å². The summed E-state index contributed by atoms with van der Waals surface area (Å²) in [5.41, 5.74) is 1.22. The van der Waals surface area contributed by atoms with E-state index in [-0.39, 0.29) is 4.90 Å². The molecule has 1 saturated heterocycles. The van der Waals surface area contributed by atoms with Crippen molar-refractivity contribution in [3.63, 3.8) is 0 Å². The SMILES string of the molecule is COc1ccc(S(=O)(=O)Nc2ccc(Nc3cc(N4CCCC4)nc(C)n3)cc2)cc1OC. The Hall–Kier alpha value is -3.53. The van der Waals surface area contributed by atoms with Crippen LogP contribution >= 0.6 is 0 Å². The zero-order valence-electron chi connectivity index (χ0n) is 18.8. The molecule has 0 aliphatic carbocycles. The summed E-state index contributed by atoms with van der Waals surface area (Å²) >= 11 is 0. The van der Waals surface area contributed by atoms with Crippen LogP contribution in [0.25, 0.3) is 0 Å². The fourth-order valence-corrected chi connectivity index (χ4v) is 4.77. The third kappa shape index (κ3) is 5.28. The van der Waals surface area contributed by atoms with Crippen LogP contribution in [0.2, 0.25) is 0 Å². The average molecular weight is 470 g/mol. The smallest absolute Gasteiger partial charge is 0.262 e. The summed E-state index contributed by atoms with van der Waals surface area (Å²) in [6.07, 6.45) is 2.35. The molecule has 2 heterocycles. The molecule has 174 valence electrons. The van der Waals surface area contributed by atoms with Gasteiger partial charge in [0.05, 0.1) is 19.1 Å². The number of aryl methyl sites for hydroxylation is 1. The Kier molecular flexibility index (Phi) is 6.55. The maximum atomic E-state index is 12.8. The molecule has 10 heteroatoms. The summed E-state index contributed by atoms with van der Waals surface area (Å²) in [4.78, 5) is 11.3. The van der Waals surface area contributed by atoms with Gasteiger partial charge < -0.3 is 19.7 Å². The van der Waals surface area contributed by atoms with Gasteiger partial charge in [-0.15, -0.1) is 0 Å². The van der Waals surface area contributed by atoms with Crippen molar-refractivity contribution in [2.75, 3.05) is 42.2 Å². The van der Waals surface area contributed by atoms with Crippen LogP contribution in [0.3, 0.4) is 0 Å². The lowest BCUT2D eigenvalue weighted by Gasteiger charge is -2.18. The molecular weight excluding hydrogens is 442 g/mol. The number of hydrogen-bond donors (Lipinski definition) is 2. The lowest BCUT2D eigenvalue weighted by atomic mass is 10.3. The number of hydrogen-bond acceptors (Lipinski definition) is 8. The summed E-state index contributed by atoms with van der Waals surface area (Å²) in [6, 6.07) is 13.3. The van der Waals surface area contributed by atoms with E-state index in [1.807, 2.05) is 13.0 Å². The van der Waals surface area contributed by atoms with E-state index < -0.39 is 10.0 Å². The second-order valence-electron chi connectivity index (χ2n) is 7.68. The van der Waals surface area contributed by atoms with Crippen LogP contribution in [0.1, 0.15) is 18.7 Å². The Morgan fingerprint density at radius 2 is 1.55 bits per heavy atom. The number of ether oxygens (including phenoxy) is 2. The second-order valence-corrected chi connectivity index (χ2v) is 9.36. The van der Waals surface area contributed by atoms with Crippen molar-refractivity contribution in [1.82, 2.24) is 9.97 Å². The molecule has 0 atom stereocenters. The minimum Gasteiger partial charge on any atom is -0.493 e. The van der Waals surface area contributed by atoms with Gasteiger partial charge in [0, 0.05) is 36.6 Å². The lowest BCUT2D eigenvalue weighted by Crippen LogP contribution is -2.19. The van der Waals surface area contributed by atoms with Gasteiger partial charge in [-0.25, -0.2) is 18.4 Å². The molecule has 1 aliphatic rings. The summed E-state index contributed by atoms with van der Waals surface area (Å²) in [5, 5.41) is 3.27. The standard InChI is InChI=1S/C23H27N5O4S/c1-16-24-22(15-23(25-16)28-12-4-5-13-28)26-17-6-8-18(9-7-17)27-33(29,30)19-10-11-20(31-2)21(14-19)32-3/h6-11,14-15,27H,4-5,12-13H2,1-3H3,(H,24,25,26). The van der Waals surface area contributed by atoms with E-state index in [9.17, 15) is 8.42 Å². The predicted octanol–water partition coefficient (Wildman–Crippen LogP) is 3.95. The van der Waals surface area contributed by atoms with E-state index in [0.717, 1.165) is 24.6 Å². The zero-order valence-corrected chi connectivity index (χ0v) is 19.6. The predicted molar refractivity (Wildman–Crippen MR) is 128 cm³/mol. The van der Waals surface area contributed by atoms with Gasteiger partial charge in [-0.2, -0.15) is 0 Å². The zero-order chi connectivity index (χ0) is 23.4. The van der Waals surface area contributed by atoms with Crippen molar-refractivity contribution in [1.29, 1.82) is 0 Å². The summed E-state index contributed by atoms with van der Waals surface area (Å²) < 4.78 is 38.6. The molecule has 0 bridgehead atoms. The highest BCUT2D eigenvalue weighted by Crippen LogP contribution is 2.30. The Balaban J connectivity index is 1.47. The first-order valence-corrected chi connectivity index (χ1v) is 12.1. The molecule has 0 spiro atoms. The first-order valence-electron chi connectivity index (χ1n) is 10.6. The van der Waals surface area contributed by atoms with E-state index >= 15 is 0 Å². The molecule has 1 aromatic heterocycles. The molecule has 0 saturated carbocycles. The molecule has 9 nitrogen and oxygen atoms in total. The van der Waals surface area contributed by atoms with Gasteiger partial charge in [-0.05, 0) is 56.2 Å². The van der Waals surface area contributed by atoms with Crippen LogP contribution in [0.5, 0.6) is 11.5 Å². The topological polar surface area (TPSA) is 106 Å². The van der Waals surface area contributed by atoms with E-state index in [0.29, 0.717) is 28.8 Å². The fraction of sp³-hybridized carbons (Fsp3) is 0.304. The first kappa shape index (κ1) is 22.7. The molecule has 1 aliphatic heterocycles. The van der Waals surface area contributed by atoms with Crippen LogP contribution < -0.4 is 24.4 Å². The number of nitrogens with one attached hydrogen (secondary N) is 2. The molecule has 4 rings (SSSR count). The van der Waals surface area contributed by atoms with Crippen molar-refractivity contribution in [3.05, 3.63) is 54.4 Å². The quantitative estimate of drug-likeness (QED) is 0.511. The summed E-state index contributed by atoms with van der Waals surface area (Å²) in [6.45, 7) is 3.88. The number of methoxy groups -OCH3 is 2. The minimum absolute atomic E-state index is 0.0771. The largest absolute Gasteiger partial charge is 0.493 e. The number of rotatable bonds is 8. The van der Waals surface area contributed by atoms with Crippen molar-refractivity contribution in [2.24, 2.45) is 0 Å². The normalized spacial score (nSPS) is 13.6. The number of aromatic nitrogens is 2. The molecule has 0 amide bonds.